The minimum atomic E-state index is -3.44. The van der Waals surface area contributed by atoms with Crippen LogP contribution in [0.3, 0.4) is 0 Å². The van der Waals surface area contributed by atoms with Crippen LogP contribution in [0.15, 0.2) is 0 Å². The Balaban J connectivity index is 2.65. The lowest BCUT2D eigenvalue weighted by Crippen LogP contribution is -2.55. The lowest BCUT2D eigenvalue weighted by atomic mass is 10.1. The average molecular weight is 221 g/mol. The molecule has 0 saturated carbocycles. The highest BCUT2D eigenvalue weighted by atomic mass is 16.7. The second-order valence-electron chi connectivity index (χ2n) is 3.42. The number of carbonyl (C=O) groups is 1. The van der Waals surface area contributed by atoms with Crippen LogP contribution >= 0.6 is 0 Å². The molecule has 7 nitrogen and oxygen atoms in total. The molecule has 7 heteroatoms. The van der Waals surface area contributed by atoms with Gasteiger partial charge in [0.05, 0.1) is 12.6 Å². The van der Waals surface area contributed by atoms with Gasteiger partial charge in [-0.05, 0) is 12.8 Å². The van der Waals surface area contributed by atoms with Gasteiger partial charge in [-0.3, -0.25) is 4.79 Å². The van der Waals surface area contributed by atoms with Crippen molar-refractivity contribution in [1.29, 1.82) is 0 Å². The van der Waals surface area contributed by atoms with Crippen molar-refractivity contribution in [3.8, 4) is 0 Å². The first-order chi connectivity index (χ1) is 6.96. The van der Waals surface area contributed by atoms with Gasteiger partial charge < -0.3 is 30.1 Å². The van der Waals surface area contributed by atoms with Gasteiger partial charge in [0, 0.05) is 6.61 Å². The van der Waals surface area contributed by atoms with E-state index in [1.54, 1.807) is 0 Å². The second-order valence-corrected chi connectivity index (χ2v) is 3.42. The molecule has 1 amide bonds. The Hall–Kier alpha value is -0.730. The number of carbonyl (C=O) groups excluding carboxylic acids is 1. The Kier molecular flexibility index (Phi) is 4.00. The molecule has 0 radical (unpaired) electrons. The summed E-state index contributed by atoms with van der Waals surface area (Å²) in [5.74, 6) is -4.79. The number of nitrogens with zero attached hydrogens (tertiary/aromatic N) is 1. The Bertz CT molecular complexity index is 220. The number of amides is 1. The SMILES string of the molecule is O=C(N(CO)C1CCCOC1)C(O)(O)O. The normalized spacial score (nSPS) is 22.5. The maximum Gasteiger partial charge on any atom is 0.360 e. The molecule has 1 atom stereocenters. The smallest absolute Gasteiger partial charge is 0.360 e. The molecule has 0 aromatic heterocycles. The fraction of sp³-hybridized carbons (Fsp3) is 0.875. The molecular formula is C8H15NO6. The second kappa shape index (κ2) is 4.86. The van der Waals surface area contributed by atoms with E-state index >= 15 is 0 Å². The van der Waals surface area contributed by atoms with Gasteiger partial charge in [0.2, 0.25) is 0 Å². The number of ether oxygens (including phenoxy) is 1. The maximum absolute atomic E-state index is 11.3. The molecule has 1 unspecified atom stereocenters. The highest BCUT2D eigenvalue weighted by Gasteiger charge is 2.38. The molecule has 1 aliphatic heterocycles. The van der Waals surface area contributed by atoms with Gasteiger partial charge in [-0.2, -0.15) is 0 Å². The van der Waals surface area contributed by atoms with E-state index in [1.165, 1.54) is 0 Å². The van der Waals surface area contributed by atoms with Crippen LogP contribution in [0.4, 0.5) is 0 Å². The maximum atomic E-state index is 11.3. The van der Waals surface area contributed by atoms with Crippen LogP contribution < -0.4 is 0 Å². The summed E-state index contributed by atoms with van der Waals surface area (Å²) in [5.41, 5.74) is 0. The van der Waals surface area contributed by atoms with Gasteiger partial charge in [-0.15, -0.1) is 0 Å². The lowest BCUT2D eigenvalue weighted by Gasteiger charge is -2.34. The van der Waals surface area contributed by atoms with Crippen molar-refractivity contribution in [2.24, 2.45) is 0 Å². The van der Waals surface area contributed by atoms with E-state index < -0.39 is 24.7 Å². The predicted octanol–water partition coefficient (Wildman–Crippen LogP) is -2.43. The van der Waals surface area contributed by atoms with Crippen molar-refractivity contribution in [3.63, 3.8) is 0 Å². The topological polar surface area (TPSA) is 110 Å². The molecule has 88 valence electrons. The molecule has 1 saturated heterocycles. The zero-order valence-corrected chi connectivity index (χ0v) is 8.17. The quantitative estimate of drug-likeness (QED) is 0.395. The van der Waals surface area contributed by atoms with Crippen molar-refractivity contribution >= 4 is 5.91 Å². The molecule has 1 aliphatic rings. The number of hydrogen-bond donors (Lipinski definition) is 4. The number of aliphatic hydroxyl groups excluding tert-OH is 1. The highest BCUT2D eigenvalue weighted by molar-refractivity contribution is 5.81. The van der Waals surface area contributed by atoms with Gasteiger partial charge in [-0.1, -0.05) is 0 Å². The van der Waals surface area contributed by atoms with Crippen LogP contribution in [0, 0.1) is 0 Å². The van der Waals surface area contributed by atoms with Gasteiger partial charge in [-0.25, -0.2) is 0 Å². The molecule has 0 aliphatic carbocycles. The number of hydrogen-bond acceptors (Lipinski definition) is 6. The fourth-order valence-corrected chi connectivity index (χ4v) is 1.51. The van der Waals surface area contributed by atoms with E-state index in [0.29, 0.717) is 19.4 Å². The zero-order valence-electron chi connectivity index (χ0n) is 8.17. The monoisotopic (exact) mass is 221 g/mol. The number of aliphatic hydroxyl groups is 4. The van der Waals surface area contributed by atoms with Gasteiger partial charge in [0.15, 0.2) is 0 Å². The van der Waals surface area contributed by atoms with Gasteiger partial charge in [0.1, 0.15) is 6.73 Å². The minimum absolute atomic E-state index is 0.211. The Morgan fingerprint density at radius 3 is 2.53 bits per heavy atom. The molecule has 0 bridgehead atoms. The standard InChI is InChI=1S/C8H15NO6/c10-5-9(7(11)8(12,13)14)6-2-1-3-15-4-6/h6,10,12-14H,1-5H2. The molecule has 4 N–H and O–H groups in total. The summed E-state index contributed by atoms with van der Waals surface area (Å²) < 4.78 is 5.08. The molecule has 0 spiro atoms. The molecular weight excluding hydrogens is 206 g/mol. The first-order valence-corrected chi connectivity index (χ1v) is 4.63. The van der Waals surface area contributed by atoms with E-state index in [0.717, 1.165) is 4.90 Å². The van der Waals surface area contributed by atoms with Crippen LogP contribution in [-0.2, 0) is 9.53 Å². The van der Waals surface area contributed by atoms with Crippen LogP contribution in [-0.4, -0.2) is 63.2 Å². The highest BCUT2D eigenvalue weighted by Crippen LogP contribution is 2.15. The van der Waals surface area contributed by atoms with Crippen LogP contribution in [0.1, 0.15) is 12.8 Å². The predicted molar refractivity (Wildman–Crippen MR) is 47.2 cm³/mol. The summed E-state index contributed by atoms with van der Waals surface area (Å²) >= 11 is 0. The fourth-order valence-electron chi connectivity index (χ4n) is 1.51. The van der Waals surface area contributed by atoms with Gasteiger partial charge >= 0.3 is 11.9 Å². The van der Waals surface area contributed by atoms with E-state index in [4.69, 9.17) is 25.2 Å². The molecule has 1 fully saturated rings. The van der Waals surface area contributed by atoms with Crippen LogP contribution in [0.5, 0.6) is 0 Å². The third kappa shape index (κ3) is 3.11. The average Bonchev–Trinajstić information content (AvgIpc) is 2.19. The van der Waals surface area contributed by atoms with E-state index in [2.05, 4.69) is 0 Å². The first-order valence-electron chi connectivity index (χ1n) is 4.63. The summed E-state index contributed by atoms with van der Waals surface area (Å²) in [4.78, 5) is 12.0. The molecule has 0 aromatic carbocycles. The summed E-state index contributed by atoms with van der Waals surface area (Å²) in [6, 6.07) is -0.443. The summed E-state index contributed by atoms with van der Waals surface area (Å²) in [6.07, 6.45) is 1.30. The first kappa shape index (κ1) is 12.3. The molecule has 1 rings (SSSR count). The zero-order chi connectivity index (χ0) is 11.5. The van der Waals surface area contributed by atoms with Gasteiger partial charge in [0.25, 0.3) is 0 Å². The molecule has 1 heterocycles. The summed E-state index contributed by atoms with van der Waals surface area (Å²) in [5, 5.41) is 35.0. The van der Waals surface area contributed by atoms with Crippen molar-refractivity contribution in [2.45, 2.75) is 24.9 Å². The summed E-state index contributed by atoms with van der Waals surface area (Å²) in [7, 11) is 0. The van der Waals surface area contributed by atoms with Crippen LogP contribution in [0.2, 0.25) is 0 Å². The van der Waals surface area contributed by atoms with Crippen molar-refractivity contribution in [2.75, 3.05) is 19.9 Å². The Morgan fingerprint density at radius 2 is 2.13 bits per heavy atom. The Labute approximate surface area is 86.5 Å². The van der Waals surface area contributed by atoms with E-state index in [9.17, 15) is 4.79 Å². The van der Waals surface area contributed by atoms with E-state index in [-0.39, 0.29) is 6.61 Å². The Morgan fingerprint density at radius 1 is 1.47 bits per heavy atom. The lowest BCUT2D eigenvalue weighted by molar-refractivity contribution is -0.298. The molecule has 15 heavy (non-hydrogen) atoms. The van der Waals surface area contributed by atoms with Crippen molar-refractivity contribution < 1.29 is 30.0 Å². The van der Waals surface area contributed by atoms with E-state index in [1.807, 2.05) is 0 Å². The van der Waals surface area contributed by atoms with Crippen molar-refractivity contribution in [3.05, 3.63) is 0 Å². The van der Waals surface area contributed by atoms with Crippen LogP contribution in [0.25, 0.3) is 0 Å². The molecule has 0 aromatic rings. The number of rotatable bonds is 3. The summed E-state index contributed by atoms with van der Waals surface area (Å²) in [6.45, 7) is 0.0884. The largest absolute Gasteiger partial charge is 0.379 e. The minimum Gasteiger partial charge on any atom is -0.379 e. The van der Waals surface area contributed by atoms with Crippen molar-refractivity contribution in [1.82, 2.24) is 4.90 Å². The third-order valence-corrected chi connectivity index (χ3v) is 2.28. The third-order valence-electron chi connectivity index (χ3n) is 2.28.